The van der Waals surface area contributed by atoms with Gasteiger partial charge in [-0.25, -0.2) is 9.37 Å². The highest BCUT2D eigenvalue weighted by atomic mass is 32.1. The summed E-state index contributed by atoms with van der Waals surface area (Å²) >= 11 is 5.18. The van der Waals surface area contributed by atoms with Crippen LogP contribution < -0.4 is 15.0 Å². The number of halogens is 1. The van der Waals surface area contributed by atoms with Gasteiger partial charge in [0.1, 0.15) is 23.3 Å². The van der Waals surface area contributed by atoms with Crippen LogP contribution in [0.5, 0.6) is 11.6 Å². The van der Waals surface area contributed by atoms with Crippen molar-refractivity contribution in [1.29, 1.82) is 0 Å². The van der Waals surface area contributed by atoms with Gasteiger partial charge in [0.05, 0.1) is 10.6 Å². The lowest BCUT2D eigenvalue weighted by Crippen LogP contribution is -2.54. The fourth-order valence-electron chi connectivity index (χ4n) is 4.32. The molecule has 0 spiro atoms. The lowest BCUT2D eigenvalue weighted by molar-refractivity contribution is -0.385. The van der Waals surface area contributed by atoms with Gasteiger partial charge in [-0.3, -0.25) is 29.9 Å². The number of thiocarbonyl (C=S) groups is 1. The van der Waals surface area contributed by atoms with Gasteiger partial charge in [0.15, 0.2) is 5.11 Å². The van der Waals surface area contributed by atoms with Crippen LogP contribution in [0.2, 0.25) is 0 Å². The molecule has 10 nitrogen and oxygen atoms in total. The average molecular weight is 558 g/mol. The van der Waals surface area contributed by atoms with Crippen LogP contribution in [0.1, 0.15) is 17.0 Å². The van der Waals surface area contributed by atoms with E-state index in [1.807, 2.05) is 36.6 Å². The van der Waals surface area contributed by atoms with Crippen LogP contribution in [0.3, 0.4) is 0 Å². The van der Waals surface area contributed by atoms with Crippen molar-refractivity contribution in [2.45, 2.75) is 13.8 Å². The highest BCUT2D eigenvalue weighted by molar-refractivity contribution is 7.80. The van der Waals surface area contributed by atoms with Gasteiger partial charge in [-0.05, 0) is 86.2 Å². The maximum Gasteiger partial charge on any atom is 0.287 e. The zero-order valence-corrected chi connectivity index (χ0v) is 21.9. The van der Waals surface area contributed by atoms with E-state index in [2.05, 4.69) is 10.3 Å². The summed E-state index contributed by atoms with van der Waals surface area (Å²) < 4.78 is 21.4. The molecule has 1 saturated heterocycles. The highest BCUT2D eigenvalue weighted by Gasteiger charge is 2.35. The molecular formula is C28H20FN5O5S. The monoisotopic (exact) mass is 557 g/mol. The third-order valence-electron chi connectivity index (χ3n) is 6.19. The highest BCUT2D eigenvalue weighted by Crippen LogP contribution is 2.28. The third kappa shape index (κ3) is 5.07. The molecule has 2 aromatic carbocycles. The average Bonchev–Trinajstić information content (AvgIpc) is 3.19. The molecule has 2 aromatic heterocycles. The molecule has 200 valence electrons. The number of pyridine rings is 1. The zero-order chi connectivity index (χ0) is 28.6. The first-order valence-electron chi connectivity index (χ1n) is 11.9. The minimum Gasteiger partial charge on any atom is -0.439 e. The molecule has 0 unspecified atom stereocenters. The summed E-state index contributed by atoms with van der Waals surface area (Å²) in [5.74, 6) is -1.16. The van der Waals surface area contributed by atoms with Crippen LogP contribution in [0.15, 0.2) is 78.5 Å². The van der Waals surface area contributed by atoms with Crippen LogP contribution in [0.25, 0.3) is 11.8 Å². The molecule has 2 amide bonds. The van der Waals surface area contributed by atoms with Gasteiger partial charge in [0, 0.05) is 29.2 Å². The Hall–Kier alpha value is -5.23. The second kappa shape index (κ2) is 10.5. The number of carbonyl (C=O) groups excluding carboxylic acids is 2. The maximum absolute atomic E-state index is 13.8. The first kappa shape index (κ1) is 26.4. The van der Waals surface area contributed by atoms with E-state index < -0.39 is 22.6 Å². The predicted octanol–water partition coefficient (Wildman–Crippen LogP) is 5.16. The summed E-state index contributed by atoms with van der Waals surface area (Å²) in [6, 6.07) is 17.0. The van der Waals surface area contributed by atoms with Crippen molar-refractivity contribution in [2.24, 2.45) is 0 Å². The van der Waals surface area contributed by atoms with Crippen molar-refractivity contribution >= 4 is 46.6 Å². The Morgan fingerprint density at radius 2 is 1.80 bits per heavy atom. The molecule has 1 fully saturated rings. The topological polar surface area (TPSA) is 120 Å². The van der Waals surface area contributed by atoms with Crippen molar-refractivity contribution in [3.8, 4) is 17.3 Å². The number of rotatable bonds is 6. The fraction of sp³-hybridized carbons (Fsp3) is 0.0714. The molecule has 0 aliphatic carbocycles. The van der Waals surface area contributed by atoms with Crippen molar-refractivity contribution in [3.05, 3.63) is 111 Å². The minimum atomic E-state index is -0.662. The van der Waals surface area contributed by atoms with Crippen molar-refractivity contribution in [2.75, 3.05) is 4.90 Å². The number of aromatic nitrogens is 2. The molecule has 0 atom stereocenters. The van der Waals surface area contributed by atoms with Crippen LogP contribution in [0, 0.1) is 29.8 Å². The molecule has 1 N–H and O–H groups in total. The molecule has 4 aromatic rings. The molecule has 5 rings (SSSR count). The Morgan fingerprint density at radius 1 is 1.05 bits per heavy atom. The molecule has 3 heterocycles. The second-order valence-electron chi connectivity index (χ2n) is 8.81. The normalized spacial score (nSPS) is 14.4. The van der Waals surface area contributed by atoms with Crippen molar-refractivity contribution in [1.82, 2.24) is 14.9 Å². The molecule has 12 heteroatoms. The molecule has 0 saturated carbocycles. The first-order chi connectivity index (χ1) is 19.1. The molecule has 1 aliphatic rings. The number of hydrogen-bond acceptors (Lipinski definition) is 7. The lowest BCUT2D eigenvalue weighted by Gasteiger charge is -2.28. The SMILES string of the molecule is Cc1cc(C=C2C(=O)NC(=S)N(c3cccc(F)c3)C2=O)c(C)n1-c1ccc(Oc2ccc([N+](=O)[O-])cn2)cc1. The van der Waals surface area contributed by atoms with E-state index >= 15 is 0 Å². The van der Waals surface area contributed by atoms with Crippen LogP contribution in [-0.4, -0.2) is 31.4 Å². The molecule has 0 radical (unpaired) electrons. The van der Waals surface area contributed by atoms with E-state index in [0.717, 1.165) is 34.2 Å². The van der Waals surface area contributed by atoms with Gasteiger partial charge in [-0.2, -0.15) is 0 Å². The van der Waals surface area contributed by atoms with E-state index in [1.165, 1.54) is 36.4 Å². The number of benzene rings is 2. The Morgan fingerprint density at radius 3 is 2.45 bits per heavy atom. The van der Waals surface area contributed by atoms with Crippen LogP contribution in [0.4, 0.5) is 15.8 Å². The van der Waals surface area contributed by atoms with Gasteiger partial charge >= 0.3 is 0 Å². The van der Waals surface area contributed by atoms with Crippen molar-refractivity contribution in [3.63, 3.8) is 0 Å². The number of aryl methyl sites for hydroxylation is 1. The van der Waals surface area contributed by atoms with Gasteiger partial charge in [0.2, 0.25) is 5.88 Å². The largest absolute Gasteiger partial charge is 0.439 e. The van der Waals surface area contributed by atoms with E-state index in [9.17, 15) is 24.1 Å². The summed E-state index contributed by atoms with van der Waals surface area (Å²) in [5.41, 5.74) is 2.97. The number of amides is 2. The molecule has 40 heavy (non-hydrogen) atoms. The number of carbonyl (C=O) groups is 2. The van der Waals surface area contributed by atoms with E-state index in [4.69, 9.17) is 17.0 Å². The molecule has 1 aliphatic heterocycles. The summed E-state index contributed by atoms with van der Waals surface area (Å²) in [4.78, 5) is 41.3. The quantitative estimate of drug-likeness (QED) is 0.114. The Kier molecular flexibility index (Phi) is 6.92. The summed E-state index contributed by atoms with van der Waals surface area (Å²) in [6.07, 6.45) is 2.61. The predicted molar refractivity (Wildman–Crippen MR) is 149 cm³/mol. The van der Waals surface area contributed by atoms with E-state index in [1.54, 1.807) is 12.1 Å². The first-order valence-corrected chi connectivity index (χ1v) is 12.3. The maximum atomic E-state index is 13.8. The van der Waals surface area contributed by atoms with Crippen LogP contribution in [-0.2, 0) is 9.59 Å². The van der Waals surface area contributed by atoms with E-state index in [0.29, 0.717) is 11.3 Å². The zero-order valence-electron chi connectivity index (χ0n) is 21.1. The Balaban J connectivity index is 1.41. The van der Waals surface area contributed by atoms with Gasteiger partial charge in [0.25, 0.3) is 17.5 Å². The summed E-state index contributed by atoms with van der Waals surface area (Å²) in [5, 5.41) is 13.2. The Labute approximate surface area is 232 Å². The van der Waals surface area contributed by atoms with Gasteiger partial charge in [-0.15, -0.1) is 0 Å². The lowest BCUT2D eigenvalue weighted by atomic mass is 10.1. The fourth-order valence-corrected chi connectivity index (χ4v) is 4.60. The summed E-state index contributed by atoms with van der Waals surface area (Å²) in [7, 11) is 0. The van der Waals surface area contributed by atoms with Gasteiger partial charge in [-0.1, -0.05) is 6.07 Å². The van der Waals surface area contributed by atoms with Crippen molar-refractivity contribution < 1.29 is 23.6 Å². The number of nitrogens with zero attached hydrogens (tertiary/aromatic N) is 4. The molecular weight excluding hydrogens is 537 g/mol. The van der Waals surface area contributed by atoms with Crippen LogP contribution >= 0.6 is 12.2 Å². The van der Waals surface area contributed by atoms with Gasteiger partial charge < -0.3 is 9.30 Å². The number of nitro groups is 1. The number of nitrogens with one attached hydrogen (secondary N) is 1. The molecule has 0 bridgehead atoms. The number of anilines is 1. The summed E-state index contributed by atoms with van der Waals surface area (Å²) in [6.45, 7) is 3.74. The van der Waals surface area contributed by atoms with E-state index in [-0.39, 0.29) is 27.9 Å². The third-order valence-corrected chi connectivity index (χ3v) is 6.47. The Bertz CT molecular complexity index is 1710. The minimum absolute atomic E-state index is 0.130. The standard InChI is InChI=1S/C28H20FN5O5S/c1-16-12-18(13-24-26(35)31-28(40)33(27(24)36)21-5-3-4-19(29)14-21)17(2)32(16)20-6-9-23(10-7-20)39-25-11-8-22(15-30-25)34(37)38/h3-15H,1-2H3,(H,31,35,40). The smallest absolute Gasteiger partial charge is 0.287 e. The second-order valence-corrected chi connectivity index (χ2v) is 9.19. The number of hydrogen-bond donors (Lipinski definition) is 1. The number of ether oxygens (including phenoxy) is 1.